The molecule has 0 atom stereocenters. The molecule has 1 aromatic carbocycles. The molecular weight excluding hydrogens is 300 g/mol. The molecule has 0 spiro atoms. The summed E-state index contributed by atoms with van der Waals surface area (Å²) in [5.41, 5.74) is 1.09. The van der Waals surface area contributed by atoms with Gasteiger partial charge in [0, 0.05) is 6.42 Å². The van der Waals surface area contributed by atoms with Crippen molar-refractivity contribution in [1.82, 2.24) is 0 Å². The van der Waals surface area contributed by atoms with Gasteiger partial charge >= 0.3 is 0 Å². The topological polar surface area (TPSA) is 46.5 Å². The fourth-order valence-electron chi connectivity index (χ4n) is 2.68. The Balaban J connectivity index is 2.14. The average molecular weight is 332 g/mol. The van der Waals surface area contributed by atoms with Gasteiger partial charge in [-0.15, -0.1) is 0 Å². The number of ketones is 1. The predicted octanol–water partition coefficient (Wildman–Crippen LogP) is 5.60. The van der Waals surface area contributed by atoms with Crippen LogP contribution in [0.4, 0.5) is 0 Å². The van der Waals surface area contributed by atoms with Crippen LogP contribution in [-0.2, 0) is 11.2 Å². The summed E-state index contributed by atoms with van der Waals surface area (Å²) in [5.74, 6) is 0.875. The Hall–Kier alpha value is -1.77. The number of aromatic hydroxyl groups is 1. The highest BCUT2D eigenvalue weighted by molar-refractivity contribution is 5.89. The molecule has 0 saturated heterocycles. The number of phenolic OH excluding ortho intramolecular Hbond substituents is 1. The Morgan fingerprint density at radius 1 is 1.12 bits per heavy atom. The van der Waals surface area contributed by atoms with Crippen LogP contribution >= 0.6 is 0 Å². The number of hydrogen-bond donors (Lipinski definition) is 1. The maximum atomic E-state index is 11.8. The van der Waals surface area contributed by atoms with Crippen LogP contribution in [0.3, 0.4) is 0 Å². The minimum absolute atomic E-state index is 0.154. The van der Waals surface area contributed by atoms with Crippen LogP contribution in [0, 0.1) is 0 Å². The van der Waals surface area contributed by atoms with E-state index in [4.69, 9.17) is 4.74 Å². The zero-order valence-corrected chi connectivity index (χ0v) is 15.2. The lowest BCUT2D eigenvalue weighted by Gasteiger charge is -2.05. The molecule has 1 rings (SSSR count). The lowest BCUT2D eigenvalue weighted by molar-refractivity contribution is -0.114. The highest BCUT2D eigenvalue weighted by Crippen LogP contribution is 2.26. The predicted molar refractivity (Wildman–Crippen MR) is 99.7 cm³/mol. The van der Waals surface area contributed by atoms with Gasteiger partial charge in [0.15, 0.2) is 17.3 Å². The Kier molecular flexibility index (Phi) is 10.7. The summed E-state index contributed by atoms with van der Waals surface area (Å²) in [7, 11) is 1.54. The minimum Gasteiger partial charge on any atom is -0.504 e. The maximum absolute atomic E-state index is 11.8. The second-order valence-electron chi connectivity index (χ2n) is 6.28. The molecule has 3 heteroatoms. The van der Waals surface area contributed by atoms with Crippen molar-refractivity contribution < 1.29 is 14.6 Å². The van der Waals surface area contributed by atoms with Gasteiger partial charge < -0.3 is 9.84 Å². The molecule has 0 amide bonds. The number of carbonyl (C=O) groups excluding carboxylic acids is 1. The number of carbonyl (C=O) groups is 1. The van der Waals surface area contributed by atoms with Gasteiger partial charge in [0.2, 0.25) is 0 Å². The summed E-state index contributed by atoms with van der Waals surface area (Å²) in [4.78, 5) is 11.8. The van der Waals surface area contributed by atoms with Crippen LogP contribution in [0.25, 0.3) is 0 Å². The number of methoxy groups -OCH3 is 1. The van der Waals surface area contributed by atoms with Gasteiger partial charge in [0.1, 0.15) is 0 Å². The minimum atomic E-state index is 0.154. The van der Waals surface area contributed by atoms with Gasteiger partial charge in [-0.05, 0) is 43.0 Å². The monoisotopic (exact) mass is 332 g/mol. The fourth-order valence-corrected chi connectivity index (χ4v) is 2.68. The number of allylic oxidation sites excluding steroid dienone is 2. The largest absolute Gasteiger partial charge is 0.504 e. The normalized spacial score (nSPS) is 11.1. The summed E-state index contributed by atoms with van der Waals surface area (Å²) in [6, 6.07) is 5.36. The van der Waals surface area contributed by atoms with E-state index in [9.17, 15) is 9.90 Å². The van der Waals surface area contributed by atoms with Crippen molar-refractivity contribution in [2.24, 2.45) is 0 Å². The molecule has 0 unspecified atom stereocenters. The van der Waals surface area contributed by atoms with E-state index in [1.54, 1.807) is 19.3 Å². The van der Waals surface area contributed by atoms with Gasteiger partial charge in [-0.3, -0.25) is 4.79 Å². The van der Waals surface area contributed by atoms with Gasteiger partial charge in [-0.1, -0.05) is 57.6 Å². The first-order valence-corrected chi connectivity index (χ1v) is 9.22. The van der Waals surface area contributed by atoms with Gasteiger partial charge in [-0.2, -0.15) is 0 Å². The fraction of sp³-hybridized carbons (Fsp3) is 0.571. The molecule has 0 aromatic heterocycles. The number of benzene rings is 1. The molecule has 24 heavy (non-hydrogen) atoms. The summed E-state index contributed by atoms with van der Waals surface area (Å²) in [6.07, 6.45) is 14.6. The summed E-state index contributed by atoms with van der Waals surface area (Å²) in [6.45, 7) is 2.23. The van der Waals surface area contributed by atoms with Crippen molar-refractivity contribution >= 4 is 5.78 Å². The molecule has 1 N–H and O–H groups in total. The smallest absolute Gasteiger partial charge is 0.160 e. The molecule has 0 saturated carbocycles. The number of hydrogen-bond acceptors (Lipinski definition) is 3. The van der Waals surface area contributed by atoms with Crippen molar-refractivity contribution in [1.29, 1.82) is 0 Å². The van der Waals surface area contributed by atoms with Crippen LogP contribution in [-0.4, -0.2) is 18.0 Å². The van der Waals surface area contributed by atoms with Crippen LogP contribution < -0.4 is 4.74 Å². The van der Waals surface area contributed by atoms with Crippen LogP contribution in [0.2, 0.25) is 0 Å². The van der Waals surface area contributed by atoms with Crippen molar-refractivity contribution in [3.63, 3.8) is 0 Å². The van der Waals surface area contributed by atoms with Crippen molar-refractivity contribution in [3.8, 4) is 11.5 Å². The zero-order valence-electron chi connectivity index (χ0n) is 15.2. The summed E-state index contributed by atoms with van der Waals surface area (Å²) >= 11 is 0. The lowest BCUT2D eigenvalue weighted by atomic mass is 10.1. The van der Waals surface area contributed by atoms with E-state index >= 15 is 0 Å². The highest BCUT2D eigenvalue weighted by Gasteiger charge is 2.02. The van der Waals surface area contributed by atoms with E-state index in [2.05, 4.69) is 6.92 Å². The van der Waals surface area contributed by atoms with E-state index < -0.39 is 0 Å². The molecule has 0 aliphatic heterocycles. The molecule has 0 radical (unpaired) electrons. The van der Waals surface area contributed by atoms with Crippen molar-refractivity contribution in [2.75, 3.05) is 7.11 Å². The maximum Gasteiger partial charge on any atom is 0.160 e. The number of phenols is 1. The Morgan fingerprint density at radius 3 is 2.54 bits per heavy atom. The lowest BCUT2D eigenvalue weighted by Crippen LogP contribution is -1.93. The van der Waals surface area contributed by atoms with Gasteiger partial charge in [-0.25, -0.2) is 0 Å². The quantitative estimate of drug-likeness (QED) is 0.378. The third-order valence-electron chi connectivity index (χ3n) is 4.17. The van der Waals surface area contributed by atoms with Gasteiger partial charge in [0.25, 0.3) is 0 Å². The van der Waals surface area contributed by atoms with Crippen LogP contribution in [0.5, 0.6) is 11.5 Å². The molecule has 0 bridgehead atoms. The number of ether oxygens (including phenoxy) is 1. The SMILES string of the molecule is CCCCCCCCCC(=O)/C=C\CCc1ccc(O)c(OC)c1. The first-order valence-electron chi connectivity index (χ1n) is 9.22. The van der Waals surface area contributed by atoms with E-state index in [0.29, 0.717) is 12.2 Å². The molecule has 0 fully saturated rings. The van der Waals surface area contributed by atoms with Crippen molar-refractivity contribution in [3.05, 3.63) is 35.9 Å². The molecular formula is C21H32O3. The molecule has 134 valence electrons. The van der Waals surface area contributed by atoms with E-state index in [1.807, 2.05) is 18.2 Å². The number of rotatable bonds is 13. The summed E-state index contributed by atoms with van der Waals surface area (Å²) < 4.78 is 5.09. The third-order valence-corrected chi connectivity index (χ3v) is 4.17. The van der Waals surface area contributed by atoms with Crippen LogP contribution in [0.1, 0.15) is 70.3 Å². The van der Waals surface area contributed by atoms with E-state index in [1.165, 1.54) is 32.1 Å². The number of aryl methyl sites for hydroxylation is 1. The first-order chi connectivity index (χ1) is 11.7. The van der Waals surface area contributed by atoms with E-state index in [0.717, 1.165) is 31.2 Å². The molecule has 3 nitrogen and oxygen atoms in total. The van der Waals surface area contributed by atoms with Gasteiger partial charge in [0.05, 0.1) is 7.11 Å². The second-order valence-corrected chi connectivity index (χ2v) is 6.28. The zero-order chi connectivity index (χ0) is 17.6. The van der Waals surface area contributed by atoms with Crippen LogP contribution in [0.15, 0.2) is 30.4 Å². The summed E-state index contributed by atoms with van der Waals surface area (Å²) in [5, 5.41) is 9.56. The number of unbranched alkanes of at least 4 members (excludes halogenated alkanes) is 6. The standard InChI is InChI=1S/C21H32O3/c1-3-4-5-6-7-8-9-13-19(22)14-11-10-12-18-15-16-20(23)21(17-18)24-2/h11,14-17,23H,3-10,12-13H2,1-2H3/b14-11-. The highest BCUT2D eigenvalue weighted by atomic mass is 16.5. The molecule has 0 heterocycles. The Bertz CT molecular complexity index is 506. The third kappa shape index (κ3) is 8.76. The van der Waals surface area contributed by atoms with Crippen molar-refractivity contribution in [2.45, 2.75) is 71.1 Å². The molecule has 1 aromatic rings. The molecule has 0 aliphatic rings. The second kappa shape index (κ2) is 12.6. The van der Waals surface area contributed by atoms with E-state index in [-0.39, 0.29) is 11.5 Å². The Morgan fingerprint density at radius 2 is 1.83 bits per heavy atom. The molecule has 0 aliphatic carbocycles. The Labute approximate surface area is 146 Å². The first kappa shape index (κ1) is 20.3. The average Bonchev–Trinajstić information content (AvgIpc) is 2.59.